The van der Waals surface area contributed by atoms with E-state index in [4.69, 9.17) is 0 Å². The van der Waals surface area contributed by atoms with E-state index in [9.17, 15) is 9.59 Å². The first-order valence-corrected chi connectivity index (χ1v) is 10.6. The van der Waals surface area contributed by atoms with Gasteiger partial charge in [0.25, 0.3) is 5.91 Å². The fourth-order valence-electron chi connectivity index (χ4n) is 4.22. The molecule has 2 aromatic carbocycles. The average Bonchev–Trinajstić information content (AvgIpc) is 3.59. The lowest BCUT2D eigenvalue weighted by atomic mass is 9.88. The first-order valence-electron chi connectivity index (χ1n) is 10.6. The SMILES string of the molecule is CNC(=O)c1ccc(CN(CC(=O)NC2CCCc3ccccc32)C2CC2)cc1. The van der Waals surface area contributed by atoms with E-state index in [1.165, 1.54) is 11.1 Å². The topological polar surface area (TPSA) is 61.4 Å². The summed E-state index contributed by atoms with van der Waals surface area (Å²) in [7, 11) is 1.63. The van der Waals surface area contributed by atoms with Gasteiger partial charge >= 0.3 is 0 Å². The highest BCUT2D eigenvalue weighted by atomic mass is 16.2. The summed E-state index contributed by atoms with van der Waals surface area (Å²) in [6.45, 7) is 1.15. The maximum Gasteiger partial charge on any atom is 0.251 e. The molecule has 2 aliphatic carbocycles. The number of benzene rings is 2. The van der Waals surface area contributed by atoms with Crippen molar-refractivity contribution in [2.75, 3.05) is 13.6 Å². The lowest BCUT2D eigenvalue weighted by molar-refractivity contribution is -0.123. The molecular formula is C24H29N3O2. The van der Waals surface area contributed by atoms with E-state index in [2.05, 4.69) is 39.8 Å². The molecule has 2 aromatic rings. The monoisotopic (exact) mass is 391 g/mol. The molecule has 0 saturated heterocycles. The van der Waals surface area contributed by atoms with Gasteiger partial charge in [0.1, 0.15) is 0 Å². The Hall–Kier alpha value is -2.66. The van der Waals surface area contributed by atoms with Gasteiger partial charge in [-0.05, 0) is 60.9 Å². The zero-order valence-corrected chi connectivity index (χ0v) is 17.0. The summed E-state index contributed by atoms with van der Waals surface area (Å²) in [5.41, 5.74) is 4.41. The highest BCUT2D eigenvalue weighted by Crippen LogP contribution is 2.30. The normalized spacial score (nSPS) is 18.2. The number of aryl methyl sites for hydroxylation is 1. The van der Waals surface area contributed by atoms with Crippen LogP contribution >= 0.6 is 0 Å². The first kappa shape index (κ1) is 19.6. The van der Waals surface area contributed by atoms with Gasteiger partial charge in [-0.1, -0.05) is 36.4 Å². The molecular weight excluding hydrogens is 362 g/mol. The van der Waals surface area contributed by atoms with E-state index in [1.807, 2.05) is 24.3 Å². The fraction of sp³-hybridized carbons (Fsp3) is 0.417. The molecule has 5 heteroatoms. The molecule has 1 saturated carbocycles. The van der Waals surface area contributed by atoms with E-state index >= 15 is 0 Å². The third-order valence-corrected chi connectivity index (χ3v) is 5.94. The number of fused-ring (bicyclic) bond motifs is 1. The molecule has 5 nitrogen and oxygen atoms in total. The second-order valence-electron chi connectivity index (χ2n) is 8.12. The Morgan fingerprint density at radius 3 is 2.52 bits per heavy atom. The van der Waals surface area contributed by atoms with Crippen LogP contribution in [0.2, 0.25) is 0 Å². The molecule has 1 fully saturated rings. The van der Waals surface area contributed by atoms with E-state index in [1.54, 1.807) is 7.05 Å². The molecule has 29 heavy (non-hydrogen) atoms. The largest absolute Gasteiger partial charge is 0.355 e. The van der Waals surface area contributed by atoms with Gasteiger partial charge in [-0.15, -0.1) is 0 Å². The molecule has 152 valence electrons. The summed E-state index contributed by atoms with van der Waals surface area (Å²) in [4.78, 5) is 26.8. The van der Waals surface area contributed by atoms with Gasteiger partial charge in [-0.2, -0.15) is 0 Å². The van der Waals surface area contributed by atoms with Crippen molar-refractivity contribution in [1.29, 1.82) is 0 Å². The number of amides is 2. The van der Waals surface area contributed by atoms with Gasteiger partial charge in [0.05, 0.1) is 12.6 Å². The molecule has 1 unspecified atom stereocenters. The second kappa shape index (κ2) is 8.78. The summed E-state index contributed by atoms with van der Waals surface area (Å²) >= 11 is 0. The second-order valence-corrected chi connectivity index (χ2v) is 8.12. The van der Waals surface area contributed by atoms with Crippen LogP contribution in [0.5, 0.6) is 0 Å². The van der Waals surface area contributed by atoms with Gasteiger partial charge in [0.15, 0.2) is 0 Å². The van der Waals surface area contributed by atoms with Gasteiger partial charge in [-0.3, -0.25) is 14.5 Å². The van der Waals surface area contributed by atoms with Crippen LogP contribution in [0.15, 0.2) is 48.5 Å². The Morgan fingerprint density at radius 1 is 1.03 bits per heavy atom. The lowest BCUT2D eigenvalue weighted by Gasteiger charge is -2.28. The molecule has 0 bridgehead atoms. The van der Waals surface area contributed by atoms with Gasteiger partial charge in [0.2, 0.25) is 5.91 Å². The predicted octanol–water partition coefficient (Wildman–Crippen LogP) is 3.20. The maximum absolute atomic E-state index is 12.8. The molecule has 4 rings (SSSR count). The molecule has 0 heterocycles. The Balaban J connectivity index is 1.38. The number of rotatable bonds is 7. The number of carbonyl (C=O) groups excluding carboxylic acids is 2. The Bertz CT molecular complexity index is 874. The summed E-state index contributed by atoms with van der Waals surface area (Å²) in [6.07, 6.45) is 5.52. The average molecular weight is 392 g/mol. The number of nitrogens with zero attached hydrogens (tertiary/aromatic N) is 1. The van der Waals surface area contributed by atoms with E-state index < -0.39 is 0 Å². The highest BCUT2D eigenvalue weighted by Gasteiger charge is 2.31. The number of hydrogen-bond acceptors (Lipinski definition) is 3. The molecule has 2 aliphatic rings. The summed E-state index contributed by atoms with van der Waals surface area (Å²) in [5.74, 6) is 0.0170. The van der Waals surface area contributed by atoms with Crippen molar-refractivity contribution in [2.45, 2.75) is 50.7 Å². The minimum absolute atomic E-state index is 0.0808. The van der Waals surface area contributed by atoms with Crippen LogP contribution in [0.3, 0.4) is 0 Å². The molecule has 2 amide bonds. The Kier molecular flexibility index (Phi) is 5.95. The summed E-state index contributed by atoms with van der Waals surface area (Å²) in [5, 5.41) is 5.91. The first-order chi connectivity index (χ1) is 14.1. The van der Waals surface area contributed by atoms with Gasteiger partial charge < -0.3 is 10.6 Å². The van der Waals surface area contributed by atoms with Crippen molar-refractivity contribution in [2.24, 2.45) is 0 Å². The fourth-order valence-corrected chi connectivity index (χ4v) is 4.22. The smallest absolute Gasteiger partial charge is 0.251 e. The van der Waals surface area contributed by atoms with Crippen molar-refractivity contribution in [3.8, 4) is 0 Å². The van der Waals surface area contributed by atoms with Crippen LogP contribution in [0, 0.1) is 0 Å². The number of hydrogen-bond donors (Lipinski definition) is 2. The minimum atomic E-state index is -0.0808. The van der Waals surface area contributed by atoms with Gasteiger partial charge in [0, 0.05) is 25.2 Å². The Labute approximate surface area is 172 Å². The number of nitrogens with one attached hydrogen (secondary N) is 2. The quantitative estimate of drug-likeness (QED) is 0.762. The predicted molar refractivity (Wildman–Crippen MR) is 114 cm³/mol. The number of carbonyl (C=O) groups is 2. The maximum atomic E-state index is 12.8. The van der Waals surface area contributed by atoms with Crippen LogP contribution in [0.25, 0.3) is 0 Å². The minimum Gasteiger partial charge on any atom is -0.355 e. The summed E-state index contributed by atoms with van der Waals surface area (Å²) < 4.78 is 0. The molecule has 0 aliphatic heterocycles. The molecule has 0 spiro atoms. The van der Waals surface area contributed by atoms with E-state index in [0.717, 1.165) is 44.2 Å². The standard InChI is InChI=1S/C24H29N3O2/c1-25-24(29)19-11-9-17(10-12-19)15-27(20-13-14-20)16-23(28)26-22-8-4-6-18-5-2-3-7-21(18)22/h2-3,5,7,9-12,20,22H,4,6,8,13-16H2,1H3,(H,25,29)(H,26,28). The molecule has 1 atom stereocenters. The van der Waals surface area contributed by atoms with Crippen molar-refractivity contribution in [3.63, 3.8) is 0 Å². The van der Waals surface area contributed by atoms with Crippen molar-refractivity contribution < 1.29 is 9.59 Å². The van der Waals surface area contributed by atoms with Crippen LogP contribution in [-0.4, -0.2) is 36.3 Å². The van der Waals surface area contributed by atoms with E-state index in [0.29, 0.717) is 18.2 Å². The third-order valence-electron chi connectivity index (χ3n) is 5.94. The van der Waals surface area contributed by atoms with Crippen molar-refractivity contribution >= 4 is 11.8 Å². The van der Waals surface area contributed by atoms with Crippen molar-refractivity contribution in [1.82, 2.24) is 15.5 Å². The molecule has 0 radical (unpaired) electrons. The van der Waals surface area contributed by atoms with Crippen LogP contribution in [-0.2, 0) is 17.8 Å². The molecule has 2 N–H and O–H groups in total. The molecule has 0 aromatic heterocycles. The van der Waals surface area contributed by atoms with Crippen LogP contribution in [0.4, 0.5) is 0 Å². The van der Waals surface area contributed by atoms with Crippen LogP contribution in [0.1, 0.15) is 58.8 Å². The zero-order valence-electron chi connectivity index (χ0n) is 17.0. The third kappa shape index (κ3) is 4.85. The van der Waals surface area contributed by atoms with Crippen LogP contribution < -0.4 is 10.6 Å². The van der Waals surface area contributed by atoms with E-state index in [-0.39, 0.29) is 17.9 Å². The van der Waals surface area contributed by atoms with Crippen molar-refractivity contribution in [3.05, 3.63) is 70.8 Å². The van der Waals surface area contributed by atoms with Gasteiger partial charge in [-0.25, -0.2) is 0 Å². The highest BCUT2D eigenvalue weighted by molar-refractivity contribution is 5.93. The Morgan fingerprint density at radius 2 is 1.79 bits per heavy atom. The lowest BCUT2D eigenvalue weighted by Crippen LogP contribution is -2.40. The summed E-state index contributed by atoms with van der Waals surface area (Å²) in [6, 6.07) is 16.7. The zero-order chi connectivity index (χ0) is 20.2.